The number of rotatable bonds is 4. The number of benzene rings is 2. The number of carbonyl (C=O) groups is 3. The van der Waals surface area contributed by atoms with Gasteiger partial charge in [0.05, 0.1) is 11.1 Å². The van der Waals surface area contributed by atoms with E-state index < -0.39 is 0 Å². The minimum atomic E-state index is -0.324. The van der Waals surface area contributed by atoms with E-state index in [0.29, 0.717) is 11.1 Å². The van der Waals surface area contributed by atoms with Crippen LogP contribution >= 0.6 is 0 Å². The van der Waals surface area contributed by atoms with Crippen LogP contribution in [-0.4, -0.2) is 29.2 Å². The molecule has 3 amide bonds. The van der Waals surface area contributed by atoms with E-state index >= 15 is 0 Å². The van der Waals surface area contributed by atoms with Gasteiger partial charge in [-0.15, -0.1) is 0 Å². The SMILES string of the molecule is Cc1ccc2c(c1)C(=O)N(CCC(=O)Nc1ccc3c(c1)CCC3)C2=O. The fourth-order valence-electron chi connectivity index (χ4n) is 3.69. The Hall–Kier alpha value is -2.95. The third kappa shape index (κ3) is 2.90. The van der Waals surface area contributed by atoms with Crippen molar-refractivity contribution in [1.29, 1.82) is 0 Å². The predicted octanol–water partition coefficient (Wildman–Crippen LogP) is 3.11. The third-order valence-electron chi connectivity index (χ3n) is 5.07. The molecule has 26 heavy (non-hydrogen) atoms. The van der Waals surface area contributed by atoms with Crippen LogP contribution in [0.25, 0.3) is 0 Å². The summed E-state index contributed by atoms with van der Waals surface area (Å²) in [4.78, 5) is 38.2. The summed E-state index contributed by atoms with van der Waals surface area (Å²) in [6.07, 6.45) is 3.39. The topological polar surface area (TPSA) is 66.5 Å². The Labute approximate surface area is 152 Å². The van der Waals surface area contributed by atoms with Gasteiger partial charge in [0, 0.05) is 18.7 Å². The van der Waals surface area contributed by atoms with Gasteiger partial charge in [0.2, 0.25) is 5.91 Å². The number of hydrogen-bond donors (Lipinski definition) is 1. The number of anilines is 1. The number of nitrogens with zero attached hydrogens (tertiary/aromatic N) is 1. The van der Waals surface area contributed by atoms with Crippen LogP contribution in [0.4, 0.5) is 5.69 Å². The maximum absolute atomic E-state index is 12.4. The Morgan fingerprint density at radius 1 is 1.00 bits per heavy atom. The normalized spacial score (nSPS) is 15.2. The Morgan fingerprint density at radius 2 is 1.77 bits per heavy atom. The molecule has 0 spiro atoms. The molecule has 1 heterocycles. The van der Waals surface area contributed by atoms with Crippen LogP contribution in [-0.2, 0) is 17.6 Å². The lowest BCUT2D eigenvalue weighted by molar-refractivity contribution is -0.116. The maximum atomic E-state index is 12.4. The smallest absolute Gasteiger partial charge is 0.261 e. The van der Waals surface area contributed by atoms with E-state index in [4.69, 9.17) is 0 Å². The fraction of sp³-hybridized carbons (Fsp3) is 0.286. The van der Waals surface area contributed by atoms with Crippen LogP contribution < -0.4 is 5.32 Å². The number of aryl methyl sites for hydroxylation is 3. The predicted molar refractivity (Wildman–Crippen MR) is 98.3 cm³/mol. The summed E-state index contributed by atoms with van der Waals surface area (Å²) in [5, 5.41) is 2.87. The summed E-state index contributed by atoms with van der Waals surface area (Å²) >= 11 is 0. The molecule has 0 unspecified atom stereocenters. The van der Waals surface area contributed by atoms with E-state index in [-0.39, 0.29) is 30.7 Å². The highest BCUT2D eigenvalue weighted by molar-refractivity contribution is 6.21. The monoisotopic (exact) mass is 348 g/mol. The first kappa shape index (κ1) is 16.5. The number of hydrogen-bond acceptors (Lipinski definition) is 3. The number of carbonyl (C=O) groups excluding carboxylic acids is 3. The molecule has 2 aromatic rings. The second-order valence-electron chi connectivity index (χ2n) is 6.95. The van der Waals surface area contributed by atoms with Crippen molar-refractivity contribution in [1.82, 2.24) is 4.90 Å². The first-order chi connectivity index (χ1) is 12.5. The van der Waals surface area contributed by atoms with Gasteiger partial charge in [-0.2, -0.15) is 0 Å². The van der Waals surface area contributed by atoms with Crippen molar-refractivity contribution in [2.75, 3.05) is 11.9 Å². The molecule has 4 rings (SSSR count). The Balaban J connectivity index is 1.39. The van der Waals surface area contributed by atoms with Gasteiger partial charge in [-0.25, -0.2) is 0 Å². The molecule has 1 aliphatic carbocycles. The second-order valence-corrected chi connectivity index (χ2v) is 6.95. The summed E-state index contributed by atoms with van der Waals surface area (Å²) in [6.45, 7) is 1.97. The third-order valence-corrected chi connectivity index (χ3v) is 5.07. The van der Waals surface area contributed by atoms with E-state index in [1.165, 1.54) is 11.1 Å². The summed E-state index contributed by atoms with van der Waals surface area (Å²) in [6, 6.07) is 11.2. The average molecular weight is 348 g/mol. The molecule has 1 aliphatic heterocycles. The van der Waals surface area contributed by atoms with Crippen LogP contribution in [0.2, 0.25) is 0 Å². The van der Waals surface area contributed by atoms with Crippen LogP contribution in [0.15, 0.2) is 36.4 Å². The molecule has 2 aromatic carbocycles. The minimum absolute atomic E-state index is 0.0849. The van der Waals surface area contributed by atoms with Gasteiger partial charge in [0.25, 0.3) is 11.8 Å². The number of imide groups is 1. The van der Waals surface area contributed by atoms with Gasteiger partial charge in [-0.3, -0.25) is 19.3 Å². The first-order valence-electron chi connectivity index (χ1n) is 8.91. The van der Waals surface area contributed by atoms with Gasteiger partial charge < -0.3 is 5.32 Å². The van der Waals surface area contributed by atoms with Gasteiger partial charge in [0.15, 0.2) is 0 Å². The number of nitrogens with one attached hydrogen (secondary N) is 1. The first-order valence-corrected chi connectivity index (χ1v) is 8.91. The summed E-state index contributed by atoms with van der Waals surface area (Å²) in [5.74, 6) is -0.843. The number of fused-ring (bicyclic) bond motifs is 2. The van der Waals surface area contributed by atoms with E-state index in [0.717, 1.165) is 35.4 Å². The van der Waals surface area contributed by atoms with E-state index in [1.807, 2.05) is 25.1 Å². The van der Waals surface area contributed by atoms with Gasteiger partial charge >= 0.3 is 0 Å². The molecule has 5 nitrogen and oxygen atoms in total. The van der Waals surface area contributed by atoms with Gasteiger partial charge in [0.1, 0.15) is 0 Å². The van der Waals surface area contributed by atoms with Gasteiger partial charge in [-0.1, -0.05) is 17.7 Å². The zero-order chi connectivity index (χ0) is 18.3. The molecular weight excluding hydrogens is 328 g/mol. The largest absolute Gasteiger partial charge is 0.326 e. The quantitative estimate of drug-likeness (QED) is 0.864. The van der Waals surface area contributed by atoms with Crippen molar-refractivity contribution < 1.29 is 14.4 Å². The molecule has 0 fully saturated rings. The van der Waals surface area contributed by atoms with Crippen LogP contribution in [0, 0.1) is 6.92 Å². The molecule has 2 aliphatic rings. The summed E-state index contributed by atoms with van der Waals surface area (Å²) in [5.41, 5.74) is 5.19. The molecule has 0 atom stereocenters. The van der Waals surface area contributed by atoms with Crippen molar-refractivity contribution in [2.45, 2.75) is 32.6 Å². The standard InChI is InChI=1S/C21H20N2O3/c1-13-5-8-17-18(11-13)21(26)23(20(17)25)10-9-19(24)22-16-7-6-14-3-2-4-15(14)12-16/h5-8,11-12H,2-4,9-10H2,1H3,(H,22,24). The van der Waals surface area contributed by atoms with E-state index in [9.17, 15) is 14.4 Å². The molecule has 0 aromatic heterocycles. The van der Waals surface area contributed by atoms with Crippen molar-refractivity contribution in [3.63, 3.8) is 0 Å². The Kier molecular flexibility index (Phi) is 4.07. The molecule has 1 N–H and O–H groups in total. The van der Waals surface area contributed by atoms with Crippen LogP contribution in [0.3, 0.4) is 0 Å². The molecule has 5 heteroatoms. The zero-order valence-corrected chi connectivity index (χ0v) is 14.7. The molecule has 132 valence electrons. The second kappa shape index (κ2) is 6.41. The molecule has 0 bridgehead atoms. The maximum Gasteiger partial charge on any atom is 0.261 e. The molecule has 0 saturated carbocycles. The highest BCUT2D eigenvalue weighted by Crippen LogP contribution is 2.26. The molecule has 0 saturated heterocycles. The summed E-state index contributed by atoms with van der Waals surface area (Å²) < 4.78 is 0. The molecular formula is C21H20N2O3. The van der Waals surface area contributed by atoms with Gasteiger partial charge in [-0.05, 0) is 61.6 Å². The fourth-order valence-corrected chi connectivity index (χ4v) is 3.69. The highest BCUT2D eigenvalue weighted by Gasteiger charge is 2.35. The Bertz CT molecular complexity index is 933. The van der Waals surface area contributed by atoms with Crippen molar-refractivity contribution in [2.24, 2.45) is 0 Å². The number of amides is 3. The van der Waals surface area contributed by atoms with Crippen LogP contribution in [0.5, 0.6) is 0 Å². The minimum Gasteiger partial charge on any atom is -0.326 e. The lowest BCUT2D eigenvalue weighted by Crippen LogP contribution is -2.32. The van der Waals surface area contributed by atoms with E-state index in [2.05, 4.69) is 11.4 Å². The Morgan fingerprint density at radius 3 is 2.62 bits per heavy atom. The lowest BCUT2D eigenvalue weighted by Gasteiger charge is -2.14. The molecule has 0 radical (unpaired) electrons. The van der Waals surface area contributed by atoms with Crippen molar-refractivity contribution >= 4 is 23.4 Å². The lowest BCUT2D eigenvalue weighted by atomic mass is 10.1. The average Bonchev–Trinajstić information content (AvgIpc) is 3.17. The van der Waals surface area contributed by atoms with Crippen LogP contribution in [0.1, 0.15) is 50.2 Å². The van der Waals surface area contributed by atoms with E-state index in [1.54, 1.807) is 12.1 Å². The zero-order valence-electron chi connectivity index (χ0n) is 14.7. The van der Waals surface area contributed by atoms with Crippen molar-refractivity contribution in [3.05, 3.63) is 64.2 Å². The van der Waals surface area contributed by atoms with Crippen molar-refractivity contribution in [3.8, 4) is 0 Å². The summed E-state index contributed by atoms with van der Waals surface area (Å²) in [7, 11) is 0. The highest BCUT2D eigenvalue weighted by atomic mass is 16.2.